The number of hydrogen-bond donors (Lipinski definition) is 1. The van der Waals surface area contributed by atoms with Gasteiger partial charge in [0.1, 0.15) is 29.1 Å². The first-order valence-corrected chi connectivity index (χ1v) is 11.9. The molecular formula is C23H21ClN2O7S. The molecule has 1 N–H and O–H groups in total. The summed E-state index contributed by atoms with van der Waals surface area (Å²) in [5, 5.41) is 9.90. The lowest BCUT2D eigenvalue weighted by atomic mass is 9.98. The molecule has 0 saturated carbocycles. The Labute approximate surface area is 203 Å². The second-order valence-corrected chi connectivity index (χ2v) is 9.08. The maximum atomic E-state index is 12.7. The molecule has 2 aliphatic rings. The number of nitrogens with zero attached hydrogens (tertiary/aromatic N) is 2. The maximum Gasteiger partial charge on any atom is 0.341 e. The Bertz CT molecular complexity index is 1320. The highest BCUT2D eigenvalue weighted by molar-refractivity contribution is 7.10. The number of rotatable bonds is 7. The van der Waals surface area contributed by atoms with Gasteiger partial charge >= 0.3 is 5.97 Å². The smallest absolute Gasteiger partial charge is 0.341 e. The molecule has 0 unspecified atom stereocenters. The van der Waals surface area contributed by atoms with Crippen molar-refractivity contribution in [2.24, 2.45) is 0 Å². The van der Waals surface area contributed by atoms with E-state index in [1.54, 1.807) is 23.3 Å². The number of hydrogen-bond acceptors (Lipinski definition) is 8. The van der Waals surface area contributed by atoms with E-state index < -0.39 is 17.4 Å². The van der Waals surface area contributed by atoms with Crippen LogP contribution in [-0.4, -0.2) is 54.2 Å². The molecule has 3 aromatic rings. The van der Waals surface area contributed by atoms with Crippen molar-refractivity contribution in [3.63, 3.8) is 0 Å². The van der Waals surface area contributed by atoms with Crippen molar-refractivity contribution < 1.29 is 28.8 Å². The molecule has 0 amide bonds. The minimum absolute atomic E-state index is 0.159. The predicted molar refractivity (Wildman–Crippen MR) is 125 cm³/mol. The molecule has 0 bridgehead atoms. The minimum atomic E-state index is -1.30. The number of halogens is 1. The second-order valence-electron chi connectivity index (χ2n) is 7.83. The Kier molecular flexibility index (Phi) is 6.20. The van der Waals surface area contributed by atoms with Gasteiger partial charge in [0, 0.05) is 56.0 Å². The molecule has 5 rings (SSSR count). The molecule has 178 valence electrons. The molecular weight excluding hydrogens is 484 g/mol. The van der Waals surface area contributed by atoms with E-state index in [0.717, 1.165) is 5.56 Å². The minimum Gasteiger partial charge on any atom is -0.490 e. The molecule has 0 aliphatic carbocycles. The van der Waals surface area contributed by atoms with Gasteiger partial charge in [0.2, 0.25) is 0 Å². The molecule has 2 aromatic heterocycles. The van der Waals surface area contributed by atoms with E-state index in [1.807, 2.05) is 0 Å². The summed E-state index contributed by atoms with van der Waals surface area (Å²) in [6.45, 7) is 1.64. The van der Waals surface area contributed by atoms with Gasteiger partial charge in [-0.1, -0.05) is 11.6 Å². The van der Waals surface area contributed by atoms with Gasteiger partial charge in [0.25, 0.3) is 0 Å². The molecule has 0 radical (unpaired) electrons. The second kappa shape index (κ2) is 9.28. The Morgan fingerprint density at radius 3 is 2.94 bits per heavy atom. The van der Waals surface area contributed by atoms with Crippen LogP contribution >= 0.6 is 22.9 Å². The summed E-state index contributed by atoms with van der Waals surface area (Å²) in [7, 11) is 1.64. The number of carbonyl (C=O) groups is 1. The van der Waals surface area contributed by atoms with Gasteiger partial charge in [-0.25, -0.2) is 9.78 Å². The molecule has 1 aromatic carbocycles. The molecule has 1 atom stereocenters. The molecule has 9 nitrogen and oxygen atoms in total. The van der Waals surface area contributed by atoms with Crippen LogP contribution in [0.3, 0.4) is 0 Å². The van der Waals surface area contributed by atoms with Crippen molar-refractivity contribution in [1.29, 1.82) is 0 Å². The molecule has 11 heteroatoms. The van der Waals surface area contributed by atoms with Crippen molar-refractivity contribution in [3.05, 3.63) is 55.2 Å². The van der Waals surface area contributed by atoms with Crippen molar-refractivity contribution in [2.75, 3.05) is 33.5 Å². The number of carboxylic acid groups (broad SMARTS) is 1. The number of methoxy groups -OCH3 is 1. The van der Waals surface area contributed by atoms with Gasteiger partial charge in [0.05, 0.1) is 29.3 Å². The lowest BCUT2D eigenvalue weighted by Gasteiger charge is -2.20. The fourth-order valence-electron chi connectivity index (χ4n) is 4.28. The van der Waals surface area contributed by atoms with Gasteiger partial charge in [-0.15, -0.1) is 11.3 Å². The Balaban J connectivity index is 1.69. The van der Waals surface area contributed by atoms with Gasteiger partial charge in [-0.2, -0.15) is 0 Å². The third kappa shape index (κ3) is 3.91. The molecule has 4 heterocycles. The first-order chi connectivity index (χ1) is 16.5. The molecule has 34 heavy (non-hydrogen) atoms. The number of benzene rings is 1. The molecule has 0 saturated heterocycles. The van der Waals surface area contributed by atoms with Gasteiger partial charge in [0.15, 0.2) is 16.9 Å². The number of pyridine rings is 1. The van der Waals surface area contributed by atoms with Gasteiger partial charge in [-0.05, 0) is 0 Å². The Morgan fingerprint density at radius 1 is 1.35 bits per heavy atom. The van der Waals surface area contributed by atoms with Crippen molar-refractivity contribution in [3.8, 4) is 28.5 Å². The van der Waals surface area contributed by atoms with Crippen molar-refractivity contribution in [2.45, 2.75) is 18.9 Å². The summed E-state index contributed by atoms with van der Waals surface area (Å²) < 4.78 is 25.0. The number of thiazole rings is 1. The Hall–Kier alpha value is -3.08. The highest BCUT2D eigenvalue weighted by Crippen LogP contribution is 2.49. The predicted octanol–water partition coefficient (Wildman–Crippen LogP) is 3.66. The highest BCUT2D eigenvalue weighted by Gasteiger charge is 2.33. The average molecular weight is 505 g/mol. The van der Waals surface area contributed by atoms with E-state index in [1.165, 1.54) is 23.6 Å². The summed E-state index contributed by atoms with van der Waals surface area (Å²) >= 11 is 7.68. The SMILES string of the molecule is COCCCOc1cc2c(c3c1OCC3)-c1cc(=O)c(C(=O)O)cn1[C@H](c1scnc1Cl)CO2. The van der Waals surface area contributed by atoms with Crippen LogP contribution in [0.15, 0.2) is 28.6 Å². The van der Waals surface area contributed by atoms with Gasteiger partial charge in [-0.3, -0.25) is 4.79 Å². The summed E-state index contributed by atoms with van der Waals surface area (Å²) in [6.07, 6.45) is 2.67. The van der Waals surface area contributed by atoms with Gasteiger partial charge < -0.3 is 28.6 Å². The normalized spacial score (nSPS) is 16.0. The molecule has 0 spiro atoms. The van der Waals surface area contributed by atoms with Crippen molar-refractivity contribution >= 4 is 28.9 Å². The fraction of sp³-hybridized carbons (Fsp3) is 0.348. The third-order valence-electron chi connectivity index (χ3n) is 5.81. The van der Waals surface area contributed by atoms with E-state index >= 15 is 0 Å². The summed E-state index contributed by atoms with van der Waals surface area (Å²) in [5.41, 5.74) is 2.77. The average Bonchev–Trinajstić information content (AvgIpc) is 3.43. The van der Waals surface area contributed by atoms with E-state index in [2.05, 4.69) is 4.98 Å². The highest BCUT2D eigenvalue weighted by atomic mass is 35.5. The quantitative estimate of drug-likeness (QED) is 0.485. The zero-order valence-corrected chi connectivity index (χ0v) is 19.8. The zero-order chi connectivity index (χ0) is 23.8. The van der Waals surface area contributed by atoms with Crippen molar-refractivity contribution in [1.82, 2.24) is 9.55 Å². The zero-order valence-electron chi connectivity index (χ0n) is 18.2. The number of fused-ring (bicyclic) bond motifs is 5. The maximum absolute atomic E-state index is 12.7. The monoisotopic (exact) mass is 504 g/mol. The lowest BCUT2D eigenvalue weighted by molar-refractivity contribution is 0.0694. The third-order valence-corrected chi connectivity index (χ3v) is 7.15. The van der Waals surface area contributed by atoms with Crippen LogP contribution in [-0.2, 0) is 11.2 Å². The molecule has 2 aliphatic heterocycles. The van der Waals surface area contributed by atoms with Crippen LogP contribution in [0, 0.1) is 0 Å². The topological polar surface area (TPSA) is 109 Å². The Morgan fingerprint density at radius 2 is 2.21 bits per heavy atom. The number of carboxylic acids is 1. The fourth-order valence-corrected chi connectivity index (χ4v) is 5.41. The van der Waals surface area contributed by atoms with Crippen LogP contribution in [0.4, 0.5) is 0 Å². The summed E-state index contributed by atoms with van der Waals surface area (Å²) in [5.74, 6) is 0.404. The van der Waals surface area contributed by atoms with Crippen LogP contribution < -0.4 is 19.6 Å². The van der Waals surface area contributed by atoms with Crippen LogP contribution in [0.1, 0.15) is 33.3 Å². The number of ether oxygens (including phenoxy) is 4. The molecule has 0 fully saturated rings. The van der Waals surface area contributed by atoms with Crippen LogP contribution in [0.5, 0.6) is 17.2 Å². The van der Waals surface area contributed by atoms with E-state index in [9.17, 15) is 14.7 Å². The first-order valence-electron chi connectivity index (χ1n) is 10.7. The summed E-state index contributed by atoms with van der Waals surface area (Å²) in [6, 6.07) is 2.63. The van der Waals surface area contributed by atoms with E-state index in [-0.39, 0.29) is 12.2 Å². The summed E-state index contributed by atoms with van der Waals surface area (Å²) in [4.78, 5) is 29.3. The number of aromatic nitrogens is 2. The number of aromatic carboxylic acids is 1. The van der Waals surface area contributed by atoms with E-state index in [4.69, 9.17) is 30.5 Å². The van der Waals surface area contributed by atoms with Crippen LogP contribution in [0.25, 0.3) is 11.3 Å². The largest absolute Gasteiger partial charge is 0.490 e. The lowest BCUT2D eigenvalue weighted by Crippen LogP contribution is -2.23. The van der Waals surface area contributed by atoms with Crippen LogP contribution in [0.2, 0.25) is 5.15 Å². The first kappa shape index (κ1) is 22.7. The standard InChI is InChI=1S/C23H21ClN2O7S/c1-30-4-2-5-31-18-8-17-19(12-3-6-32-20(12)18)14-7-16(27)13(23(28)29)9-26(14)15(10-33-17)21-22(24)25-11-34-21/h7-9,11,15H,2-6,10H2,1H3,(H,28,29)/t15-/m0/s1. The van der Waals surface area contributed by atoms with E-state index in [0.29, 0.717) is 71.2 Å².